The standard InChI is InChI=1S/C29H50N2O6Si/c1-20(2)18-23(27(30)33)31-26(32)15-13-12-14-21(3)19-22(4)24(37-38(10,11)29(5,6)7)16-17-25(35-8)28(34)36-9/h12-15,17,19-20,22-24H,16,18H2,1-11H3,(H2,30,33)(H,31,32)/b14-12-,15-13-,21-19+,25-17+. The van der Waals surface area contributed by atoms with Crippen molar-refractivity contribution < 1.29 is 28.3 Å². The molecule has 0 aromatic heterocycles. The van der Waals surface area contributed by atoms with E-state index in [9.17, 15) is 14.4 Å². The van der Waals surface area contributed by atoms with Gasteiger partial charge in [-0.3, -0.25) is 9.59 Å². The van der Waals surface area contributed by atoms with Gasteiger partial charge in [0.05, 0.1) is 20.3 Å². The fourth-order valence-corrected chi connectivity index (χ4v) is 4.79. The molecule has 2 amide bonds. The van der Waals surface area contributed by atoms with Crippen LogP contribution in [0.2, 0.25) is 18.1 Å². The first-order valence-electron chi connectivity index (χ1n) is 13.1. The average molecular weight is 551 g/mol. The minimum atomic E-state index is -2.10. The van der Waals surface area contributed by atoms with Crippen molar-refractivity contribution in [1.29, 1.82) is 0 Å². The summed E-state index contributed by atoms with van der Waals surface area (Å²) in [6.07, 6.45) is 11.3. The number of rotatable bonds is 15. The molecular formula is C29H50N2O6Si. The first-order valence-corrected chi connectivity index (χ1v) is 16.0. The van der Waals surface area contributed by atoms with Gasteiger partial charge in [-0.15, -0.1) is 0 Å². The van der Waals surface area contributed by atoms with Crippen molar-refractivity contribution >= 4 is 26.1 Å². The van der Waals surface area contributed by atoms with Gasteiger partial charge >= 0.3 is 5.97 Å². The molecule has 0 bridgehead atoms. The highest BCUT2D eigenvalue weighted by atomic mass is 28.4. The summed E-state index contributed by atoms with van der Waals surface area (Å²) in [4.78, 5) is 35.7. The lowest BCUT2D eigenvalue weighted by Gasteiger charge is -2.40. The number of nitrogens with two attached hydrogens (primary N) is 1. The quantitative estimate of drug-likeness (QED) is 0.0954. The zero-order chi connectivity index (χ0) is 29.7. The number of carbonyl (C=O) groups excluding carboxylic acids is 3. The zero-order valence-electron chi connectivity index (χ0n) is 25.2. The van der Waals surface area contributed by atoms with Crippen LogP contribution in [-0.4, -0.2) is 52.5 Å². The van der Waals surface area contributed by atoms with Crippen LogP contribution in [0.3, 0.4) is 0 Å². The molecule has 0 heterocycles. The minimum absolute atomic E-state index is 0.0217. The predicted molar refractivity (Wildman–Crippen MR) is 156 cm³/mol. The Balaban J connectivity index is 5.60. The number of carbonyl (C=O) groups is 3. The van der Waals surface area contributed by atoms with Crippen LogP contribution >= 0.6 is 0 Å². The van der Waals surface area contributed by atoms with Crippen molar-refractivity contribution in [1.82, 2.24) is 5.32 Å². The van der Waals surface area contributed by atoms with Gasteiger partial charge in [0.25, 0.3) is 0 Å². The monoisotopic (exact) mass is 550 g/mol. The number of ether oxygens (including phenoxy) is 2. The van der Waals surface area contributed by atoms with E-state index >= 15 is 0 Å². The van der Waals surface area contributed by atoms with Crippen molar-refractivity contribution in [3.05, 3.63) is 47.8 Å². The molecule has 0 aromatic carbocycles. The molecule has 0 fully saturated rings. The van der Waals surface area contributed by atoms with E-state index in [1.54, 1.807) is 18.2 Å². The number of hydrogen-bond donors (Lipinski definition) is 2. The fourth-order valence-electron chi connectivity index (χ4n) is 3.36. The molecule has 0 saturated carbocycles. The van der Waals surface area contributed by atoms with Crippen LogP contribution in [0, 0.1) is 11.8 Å². The molecule has 0 aliphatic carbocycles. The lowest BCUT2D eigenvalue weighted by atomic mass is 9.98. The van der Waals surface area contributed by atoms with Crippen molar-refractivity contribution in [3.63, 3.8) is 0 Å². The summed E-state index contributed by atoms with van der Waals surface area (Å²) in [5, 5.41) is 2.67. The van der Waals surface area contributed by atoms with Gasteiger partial charge in [0.1, 0.15) is 6.04 Å². The normalized spacial score (nSPS) is 16.0. The van der Waals surface area contributed by atoms with Gasteiger partial charge in [-0.25, -0.2) is 4.79 Å². The summed E-state index contributed by atoms with van der Waals surface area (Å²) in [5.74, 6) is -1.03. The van der Waals surface area contributed by atoms with Crippen molar-refractivity contribution in [2.45, 2.75) is 91.6 Å². The van der Waals surface area contributed by atoms with Crippen molar-refractivity contribution in [2.75, 3.05) is 14.2 Å². The Labute approximate surface area is 230 Å². The zero-order valence-corrected chi connectivity index (χ0v) is 26.2. The molecule has 0 aromatic rings. The topological polar surface area (TPSA) is 117 Å². The maximum absolute atomic E-state index is 12.2. The Hall–Kier alpha value is -2.65. The Bertz CT molecular complexity index is 913. The fraction of sp³-hybridized carbons (Fsp3) is 0.621. The van der Waals surface area contributed by atoms with E-state index in [4.69, 9.17) is 19.6 Å². The molecule has 0 saturated heterocycles. The highest BCUT2D eigenvalue weighted by Gasteiger charge is 2.39. The first kappa shape index (κ1) is 35.3. The van der Waals surface area contributed by atoms with Gasteiger partial charge < -0.3 is 25.0 Å². The first-order chi connectivity index (χ1) is 17.4. The molecule has 0 rings (SSSR count). The third-order valence-electron chi connectivity index (χ3n) is 6.59. The molecule has 3 atom stereocenters. The largest absolute Gasteiger partial charge is 0.490 e. The van der Waals surface area contributed by atoms with Gasteiger partial charge in [0.15, 0.2) is 14.1 Å². The van der Waals surface area contributed by atoms with Crippen LogP contribution in [0.25, 0.3) is 0 Å². The highest BCUT2D eigenvalue weighted by molar-refractivity contribution is 6.74. The number of primary amides is 1. The smallest absolute Gasteiger partial charge is 0.372 e. The molecule has 3 unspecified atom stereocenters. The molecule has 38 heavy (non-hydrogen) atoms. The lowest BCUT2D eigenvalue weighted by molar-refractivity contribution is -0.139. The Kier molecular flexibility index (Phi) is 15.2. The van der Waals surface area contributed by atoms with E-state index in [0.29, 0.717) is 12.8 Å². The highest BCUT2D eigenvalue weighted by Crippen LogP contribution is 2.38. The summed E-state index contributed by atoms with van der Waals surface area (Å²) >= 11 is 0. The van der Waals surface area contributed by atoms with E-state index in [2.05, 4.69) is 52.2 Å². The van der Waals surface area contributed by atoms with Crippen LogP contribution < -0.4 is 11.1 Å². The van der Waals surface area contributed by atoms with Gasteiger partial charge in [0, 0.05) is 6.08 Å². The summed E-state index contributed by atoms with van der Waals surface area (Å²) in [6, 6.07) is -0.691. The summed E-state index contributed by atoms with van der Waals surface area (Å²) in [5.41, 5.74) is 6.38. The average Bonchev–Trinajstić information content (AvgIpc) is 2.79. The maximum atomic E-state index is 12.2. The molecular weight excluding hydrogens is 500 g/mol. The summed E-state index contributed by atoms with van der Waals surface area (Å²) in [7, 11) is 0.663. The second-order valence-electron chi connectivity index (χ2n) is 11.5. The van der Waals surface area contributed by atoms with Crippen molar-refractivity contribution in [2.24, 2.45) is 17.6 Å². The van der Waals surface area contributed by atoms with Crippen LogP contribution in [0.5, 0.6) is 0 Å². The molecule has 0 spiro atoms. The van der Waals surface area contributed by atoms with Crippen LogP contribution in [0.1, 0.15) is 61.3 Å². The Morgan fingerprint density at radius 3 is 2.05 bits per heavy atom. The van der Waals surface area contributed by atoms with E-state index in [0.717, 1.165) is 5.57 Å². The third kappa shape index (κ3) is 13.2. The number of methoxy groups -OCH3 is 2. The molecule has 8 nitrogen and oxygen atoms in total. The SMILES string of the molecule is COC(=O)/C(=C\CC(O[Si](C)(C)C(C)(C)C)C(C)/C=C(C)/C=C\C=C/C(=O)NC(CC(C)C)C(N)=O)OC. The summed E-state index contributed by atoms with van der Waals surface area (Å²) in [6.45, 7) is 18.9. The Morgan fingerprint density at radius 1 is 1.00 bits per heavy atom. The van der Waals surface area contributed by atoms with E-state index in [1.165, 1.54) is 20.3 Å². The molecule has 216 valence electrons. The summed E-state index contributed by atoms with van der Waals surface area (Å²) < 4.78 is 16.7. The van der Waals surface area contributed by atoms with Gasteiger partial charge in [-0.1, -0.05) is 71.4 Å². The third-order valence-corrected chi connectivity index (χ3v) is 11.1. The van der Waals surface area contributed by atoms with Crippen LogP contribution in [0.15, 0.2) is 47.8 Å². The number of nitrogens with one attached hydrogen (secondary N) is 1. The van der Waals surface area contributed by atoms with Gasteiger partial charge in [-0.05, 0) is 55.8 Å². The molecule has 9 heteroatoms. The van der Waals surface area contributed by atoms with Crippen LogP contribution in [0.4, 0.5) is 0 Å². The second-order valence-corrected chi connectivity index (χ2v) is 16.3. The lowest BCUT2D eigenvalue weighted by Crippen LogP contribution is -2.45. The second kappa shape index (κ2) is 16.3. The van der Waals surface area contributed by atoms with Gasteiger partial charge in [-0.2, -0.15) is 0 Å². The molecule has 0 aliphatic rings. The van der Waals surface area contributed by atoms with Gasteiger partial charge in [0.2, 0.25) is 11.8 Å². The molecule has 0 radical (unpaired) electrons. The van der Waals surface area contributed by atoms with E-state index in [-0.39, 0.29) is 34.6 Å². The Morgan fingerprint density at radius 2 is 1.58 bits per heavy atom. The van der Waals surface area contributed by atoms with Crippen LogP contribution in [-0.2, 0) is 28.3 Å². The van der Waals surface area contributed by atoms with E-state index < -0.39 is 26.2 Å². The molecule has 3 N–H and O–H groups in total. The minimum Gasteiger partial charge on any atom is -0.490 e. The number of hydrogen-bond acceptors (Lipinski definition) is 6. The number of amides is 2. The predicted octanol–water partition coefficient (Wildman–Crippen LogP) is 5.18. The van der Waals surface area contributed by atoms with Crippen molar-refractivity contribution in [3.8, 4) is 0 Å². The number of allylic oxidation sites excluding steroid dienone is 4. The van der Waals surface area contributed by atoms with E-state index in [1.807, 2.05) is 26.8 Å². The number of esters is 1. The maximum Gasteiger partial charge on any atom is 0.372 e. The molecule has 0 aliphatic heterocycles.